The van der Waals surface area contributed by atoms with E-state index < -0.39 is 10.0 Å². The number of thiazole rings is 1. The number of carbonyl (C=O) groups excluding carboxylic acids is 1. The van der Waals surface area contributed by atoms with Crippen LogP contribution in [0.15, 0.2) is 47.4 Å². The van der Waals surface area contributed by atoms with Crippen LogP contribution < -0.4 is 4.90 Å². The number of amides is 1. The Hall–Kier alpha value is -2.49. The number of aromatic nitrogens is 1. The first-order chi connectivity index (χ1) is 16.3. The molecule has 2 heterocycles. The van der Waals surface area contributed by atoms with Crippen molar-refractivity contribution in [2.45, 2.75) is 38.5 Å². The molecule has 1 saturated heterocycles. The van der Waals surface area contributed by atoms with Crippen LogP contribution in [0, 0.1) is 6.92 Å². The van der Waals surface area contributed by atoms with Crippen LogP contribution in [0.1, 0.15) is 42.6 Å². The maximum Gasteiger partial charge on any atom is 0.253 e. The molecule has 1 amide bonds. The molecule has 0 unspecified atom stereocenters. The maximum atomic E-state index is 13.1. The summed E-state index contributed by atoms with van der Waals surface area (Å²) in [6.07, 6.45) is 1.52. The average molecular weight is 501 g/mol. The van der Waals surface area contributed by atoms with Gasteiger partial charge < -0.3 is 9.80 Å². The fourth-order valence-corrected chi connectivity index (χ4v) is 6.98. The molecule has 4 rings (SSSR count). The van der Waals surface area contributed by atoms with Gasteiger partial charge in [-0.1, -0.05) is 37.3 Å². The van der Waals surface area contributed by atoms with Crippen LogP contribution in [0.25, 0.3) is 10.2 Å². The number of rotatable bonds is 8. The zero-order valence-electron chi connectivity index (χ0n) is 20.0. The molecule has 1 aromatic heterocycles. The summed E-state index contributed by atoms with van der Waals surface area (Å²) < 4.78 is 28.6. The Balaban J connectivity index is 1.41. The number of carbonyl (C=O) groups is 1. The van der Waals surface area contributed by atoms with Crippen molar-refractivity contribution in [1.82, 2.24) is 14.2 Å². The summed E-state index contributed by atoms with van der Waals surface area (Å²) in [5.74, 6) is -0.0669. The second-order valence-electron chi connectivity index (χ2n) is 8.63. The second-order valence-corrected chi connectivity index (χ2v) is 11.6. The molecular formula is C25H32N4O3S2. The Morgan fingerprint density at radius 3 is 2.24 bits per heavy atom. The number of aryl methyl sites for hydroxylation is 1. The highest BCUT2D eigenvalue weighted by molar-refractivity contribution is 7.89. The lowest BCUT2D eigenvalue weighted by atomic mass is 10.2. The predicted octanol–water partition coefficient (Wildman–Crippen LogP) is 4.38. The average Bonchev–Trinajstić information content (AvgIpc) is 3.29. The maximum absolute atomic E-state index is 13.1. The molecule has 2 aromatic carbocycles. The van der Waals surface area contributed by atoms with Crippen molar-refractivity contribution in [2.75, 3.05) is 44.2 Å². The van der Waals surface area contributed by atoms with Crippen molar-refractivity contribution in [3.63, 3.8) is 0 Å². The van der Waals surface area contributed by atoms with E-state index in [2.05, 4.69) is 30.0 Å². The smallest absolute Gasteiger partial charge is 0.253 e. The Labute approximate surface area is 206 Å². The molecule has 0 radical (unpaired) electrons. The number of piperazine rings is 1. The van der Waals surface area contributed by atoms with Gasteiger partial charge in [-0.15, -0.1) is 0 Å². The van der Waals surface area contributed by atoms with Crippen molar-refractivity contribution < 1.29 is 13.2 Å². The summed E-state index contributed by atoms with van der Waals surface area (Å²) in [5.41, 5.74) is 2.74. The molecule has 0 bridgehead atoms. The largest absolute Gasteiger partial charge is 0.345 e. The minimum atomic E-state index is -3.55. The van der Waals surface area contributed by atoms with Gasteiger partial charge in [0, 0.05) is 44.8 Å². The number of nitrogens with zero attached hydrogens (tertiary/aromatic N) is 4. The molecule has 1 aliphatic heterocycles. The molecule has 0 atom stereocenters. The summed E-state index contributed by atoms with van der Waals surface area (Å²) in [6.45, 7) is 9.66. The SMILES string of the molecule is CCCN(CCC)S(=O)(=O)c1ccc(C(=O)N2CCN(c3nc4c(C)cccc4s3)CC2)cc1. The van der Waals surface area contributed by atoms with Crippen LogP contribution in [0.2, 0.25) is 0 Å². The molecule has 3 aromatic rings. The highest BCUT2D eigenvalue weighted by atomic mass is 32.2. The van der Waals surface area contributed by atoms with E-state index in [1.54, 1.807) is 35.6 Å². The number of hydrogen-bond donors (Lipinski definition) is 0. The summed E-state index contributed by atoms with van der Waals surface area (Å²) in [5, 5.41) is 0.995. The van der Waals surface area contributed by atoms with Crippen LogP contribution in [0.3, 0.4) is 0 Å². The Bertz CT molecular complexity index is 1240. The van der Waals surface area contributed by atoms with E-state index in [4.69, 9.17) is 4.98 Å². The number of para-hydroxylation sites is 1. The van der Waals surface area contributed by atoms with Gasteiger partial charge in [0.1, 0.15) is 0 Å². The first-order valence-corrected chi connectivity index (χ1v) is 14.1. The summed E-state index contributed by atoms with van der Waals surface area (Å²) >= 11 is 1.69. The van der Waals surface area contributed by atoms with E-state index >= 15 is 0 Å². The van der Waals surface area contributed by atoms with Gasteiger partial charge in [0.2, 0.25) is 10.0 Å². The van der Waals surface area contributed by atoms with Crippen LogP contribution in [0.5, 0.6) is 0 Å². The molecule has 182 valence electrons. The first-order valence-electron chi connectivity index (χ1n) is 11.9. The van der Waals surface area contributed by atoms with E-state index in [0.29, 0.717) is 31.7 Å². The molecule has 0 aliphatic carbocycles. The second kappa shape index (κ2) is 10.4. The van der Waals surface area contributed by atoms with Crippen molar-refractivity contribution in [3.05, 3.63) is 53.6 Å². The predicted molar refractivity (Wildman–Crippen MR) is 138 cm³/mol. The van der Waals surface area contributed by atoms with Gasteiger partial charge in [0.05, 0.1) is 15.1 Å². The van der Waals surface area contributed by atoms with Crippen LogP contribution in [-0.4, -0.2) is 67.8 Å². The Morgan fingerprint density at radius 1 is 1.00 bits per heavy atom. The van der Waals surface area contributed by atoms with Gasteiger partial charge in [0.25, 0.3) is 5.91 Å². The lowest BCUT2D eigenvalue weighted by Crippen LogP contribution is -2.48. The quantitative estimate of drug-likeness (QED) is 0.459. The van der Waals surface area contributed by atoms with Crippen LogP contribution in [-0.2, 0) is 10.0 Å². The van der Waals surface area contributed by atoms with Gasteiger partial charge in [-0.25, -0.2) is 13.4 Å². The van der Waals surface area contributed by atoms with E-state index in [-0.39, 0.29) is 10.8 Å². The molecular weight excluding hydrogens is 468 g/mol. The topological polar surface area (TPSA) is 73.8 Å². The number of anilines is 1. The highest BCUT2D eigenvalue weighted by Crippen LogP contribution is 2.31. The molecule has 1 aliphatic rings. The summed E-state index contributed by atoms with van der Waals surface area (Å²) in [7, 11) is -3.55. The van der Waals surface area contributed by atoms with Crippen molar-refractivity contribution >= 4 is 42.6 Å². The number of hydrogen-bond acceptors (Lipinski definition) is 6. The molecule has 34 heavy (non-hydrogen) atoms. The first kappa shape index (κ1) is 24.6. The standard InChI is InChI=1S/C25H32N4O3S2/c1-4-13-29(14-5-2)34(31,32)21-11-9-20(10-12-21)24(30)27-15-17-28(18-16-27)25-26-23-19(3)7-6-8-22(23)33-25/h6-12H,4-5,13-18H2,1-3H3. The van der Waals surface area contributed by atoms with Crippen LogP contribution >= 0.6 is 11.3 Å². The number of benzene rings is 2. The van der Waals surface area contributed by atoms with Gasteiger partial charge in [-0.3, -0.25) is 4.79 Å². The number of fused-ring (bicyclic) bond motifs is 1. The van der Waals surface area contributed by atoms with E-state index in [9.17, 15) is 13.2 Å². The number of sulfonamides is 1. The van der Waals surface area contributed by atoms with Gasteiger partial charge >= 0.3 is 0 Å². The Morgan fingerprint density at radius 2 is 1.65 bits per heavy atom. The molecule has 9 heteroatoms. The molecule has 0 spiro atoms. The normalized spacial score (nSPS) is 14.8. The minimum Gasteiger partial charge on any atom is -0.345 e. The highest BCUT2D eigenvalue weighted by Gasteiger charge is 2.26. The molecule has 1 fully saturated rings. The zero-order chi connectivity index (χ0) is 24.3. The van der Waals surface area contributed by atoms with E-state index in [0.717, 1.165) is 36.6 Å². The fraction of sp³-hybridized carbons (Fsp3) is 0.440. The van der Waals surface area contributed by atoms with E-state index in [1.807, 2.05) is 18.7 Å². The van der Waals surface area contributed by atoms with Crippen molar-refractivity contribution in [3.8, 4) is 0 Å². The molecule has 0 N–H and O–H groups in total. The lowest BCUT2D eigenvalue weighted by molar-refractivity contribution is 0.0746. The third kappa shape index (κ3) is 4.96. The summed E-state index contributed by atoms with van der Waals surface area (Å²) in [4.78, 5) is 22.2. The Kier molecular flexibility index (Phi) is 7.54. The van der Waals surface area contributed by atoms with Crippen LogP contribution in [0.4, 0.5) is 5.13 Å². The van der Waals surface area contributed by atoms with Gasteiger partial charge in [-0.2, -0.15) is 4.31 Å². The minimum absolute atomic E-state index is 0.0669. The summed E-state index contributed by atoms with van der Waals surface area (Å²) in [6, 6.07) is 12.6. The molecule has 0 saturated carbocycles. The third-order valence-electron chi connectivity index (χ3n) is 6.13. The molecule has 7 nitrogen and oxygen atoms in total. The van der Waals surface area contributed by atoms with Gasteiger partial charge in [0.15, 0.2) is 5.13 Å². The van der Waals surface area contributed by atoms with E-state index in [1.165, 1.54) is 14.6 Å². The fourth-order valence-electron chi connectivity index (χ4n) is 4.26. The van der Waals surface area contributed by atoms with Gasteiger partial charge in [-0.05, 0) is 55.7 Å². The monoisotopic (exact) mass is 500 g/mol. The third-order valence-corrected chi connectivity index (χ3v) is 9.13. The zero-order valence-corrected chi connectivity index (χ0v) is 21.7. The van der Waals surface area contributed by atoms with Crippen molar-refractivity contribution in [2.24, 2.45) is 0 Å². The van der Waals surface area contributed by atoms with Crippen molar-refractivity contribution in [1.29, 1.82) is 0 Å². The lowest BCUT2D eigenvalue weighted by Gasteiger charge is -2.34.